The van der Waals surface area contributed by atoms with Crippen molar-refractivity contribution in [3.05, 3.63) is 85.9 Å². The topological polar surface area (TPSA) is 69.2 Å². The van der Waals surface area contributed by atoms with E-state index in [9.17, 15) is 4.79 Å². The lowest BCUT2D eigenvalue weighted by atomic mass is 10.1. The summed E-state index contributed by atoms with van der Waals surface area (Å²) in [6.07, 6.45) is 1.79. The highest BCUT2D eigenvalue weighted by molar-refractivity contribution is 14.1. The normalized spacial score (nSPS) is 10.8. The van der Waals surface area contributed by atoms with Gasteiger partial charge in [0.05, 0.1) is 29.9 Å². The fourth-order valence-electron chi connectivity index (χ4n) is 2.99. The smallest absolute Gasteiger partial charge is 0.244 e. The monoisotopic (exact) mass is 578 g/mol. The standard InChI is InChI=1S/C25H24ClIN2O4/c1-3-32-20-10-8-17(9-11-20)14-24(30)29-28-15-18-12-22(27)25(23(13-18)31-2)33-16-19-6-4-5-7-21(19)26/h4-13,15H,3,14,16H2,1-2H3,(H,29,30)/b28-15+. The molecule has 0 aliphatic carbocycles. The van der Waals surface area contributed by atoms with Crippen LogP contribution in [0.3, 0.4) is 0 Å². The molecule has 3 rings (SSSR count). The lowest BCUT2D eigenvalue weighted by molar-refractivity contribution is -0.120. The van der Waals surface area contributed by atoms with Crippen LogP contribution in [0.4, 0.5) is 0 Å². The zero-order valence-corrected chi connectivity index (χ0v) is 21.2. The van der Waals surface area contributed by atoms with Crippen LogP contribution < -0.4 is 19.6 Å². The molecule has 0 aromatic heterocycles. The number of benzene rings is 3. The molecule has 0 bridgehead atoms. The van der Waals surface area contributed by atoms with Gasteiger partial charge in [-0.05, 0) is 71.0 Å². The number of amides is 1. The molecule has 0 spiro atoms. The Hall–Kier alpha value is -2.78. The van der Waals surface area contributed by atoms with Crippen molar-refractivity contribution >= 4 is 46.3 Å². The van der Waals surface area contributed by atoms with E-state index in [1.54, 1.807) is 19.4 Å². The second kappa shape index (κ2) is 12.5. The summed E-state index contributed by atoms with van der Waals surface area (Å²) in [5.74, 6) is 1.75. The Kier molecular flexibility index (Phi) is 9.38. The first-order chi connectivity index (χ1) is 16.0. The molecular weight excluding hydrogens is 555 g/mol. The minimum Gasteiger partial charge on any atom is -0.494 e. The molecule has 33 heavy (non-hydrogen) atoms. The molecule has 172 valence electrons. The van der Waals surface area contributed by atoms with E-state index in [0.717, 1.165) is 26.0 Å². The Morgan fingerprint density at radius 1 is 1.12 bits per heavy atom. The predicted octanol–water partition coefficient (Wildman–Crippen LogP) is 5.62. The van der Waals surface area contributed by atoms with Gasteiger partial charge in [0.1, 0.15) is 12.4 Å². The minimum atomic E-state index is -0.211. The van der Waals surface area contributed by atoms with Crippen molar-refractivity contribution < 1.29 is 19.0 Å². The molecule has 1 amide bonds. The lowest BCUT2D eigenvalue weighted by Crippen LogP contribution is -2.19. The van der Waals surface area contributed by atoms with E-state index in [4.69, 9.17) is 25.8 Å². The fourth-order valence-corrected chi connectivity index (χ4v) is 3.97. The SMILES string of the molecule is CCOc1ccc(CC(=O)N/N=C/c2cc(I)c(OCc3ccccc3Cl)c(OC)c2)cc1. The Balaban J connectivity index is 1.60. The molecule has 0 aliphatic heterocycles. The number of nitrogens with one attached hydrogen (secondary N) is 1. The molecule has 8 heteroatoms. The van der Waals surface area contributed by atoms with Gasteiger partial charge in [-0.25, -0.2) is 5.43 Å². The Morgan fingerprint density at radius 2 is 1.88 bits per heavy atom. The highest BCUT2D eigenvalue weighted by Gasteiger charge is 2.12. The molecule has 0 heterocycles. The van der Waals surface area contributed by atoms with Gasteiger partial charge in [0.2, 0.25) is 5.91 Å². The number of hydrogen-bond donors (Lipinski definition) is 1. The zero-order valence-electron chi connectivity index (χ0n) is 18.3. The number of hydrogen-bond acceptors (Lipinski definition) is 5. The number of ether oxygens (including phenoxy) is 3. The summed E-state index contributed by atoms with van der Waals surface area (Å²) >= 11 is 8.39. The first-order valence-electron chi connectivity index (χ1n) is 10.3. The summed E-state index contributed by atoms with van der Waals surface area (Å²) in [7, 11) is 1.58. The van der Waals surface area contributed by atoms with Gasteiger partial charge in [-0.1, -0.05) is 41.9 Å². The number of nitrogens with zero attached hydrogens (tertiary/aromatic N) is 1. The molecule has 0 radical (unpaired) electrons. The van der Waals surface area contributed by atoms with Crippen LogP contribution in [0.2, 0.25) is 5.02 Å². The highest BCUT2D eigenvalue weighted by atomic mass is 127. The minimum absolute atomic E-state index is 0.211. The number of methoxy groups -OCH3 is 1. The van der Waals surface area contributed by atoms with Gasteiger partial charge < -0.3 is 14.2 Å². The maximum absolute atomic E-state index is 12.2. The molecule has 0 fully saturated rings. The largest absolute Gasteiger partial charge is 0.494 e. The zero-order chi connectivity index (χ0) is 23.6. The lowest BCUT2D eigenvalue weighted by Gasteiger charge is -2.14. The maximum Gasteiger partial charge on any atom is 0.244 e. The van der Waals surface area contributed by atoms with Crippen molar-refractivity contribution in [1.29, 1.82) is 0 Å². The van der Waals surface area contributed by atoms with Gasteiger partial charge in [-0.3, -0.25) is 4.79 Å². The van der Waals surface area contributed by atoms with Gasteiger partial charge in [-0.2, -0.15) is 5.10 Å². The third kappa shape index (κ3) is 7.36. The molecule has 1 N–H and O–H groups in total. The first-order valence-corrected chi connectivity index (χ1v) is 11.7. The molecule has 0 unspecified atom stereocenters. The number of carbonyl (C=O) groups is 1. The van der Waals surface area contributed by atoms with Crippen molar-refractivity contribution in [1.82, 2.24) is 5.43 Å². The van der Waals surface area contributed by atoms with Crippen molar-refractivity contribution in [2.24, 2.45) is 5.10 Å². The van der Waals surface area contributed by atoms with Crippen molar-refractivity contribution in [2.75, 3.05) is 13.7 Å². The van der Waals surface area contributed by atoms with Crippen molar-refractivity contribution in [2.45, 2.75) is 20.0 Å². The summed E-state index contributed by atoms with van der Waals surface area (Å²) in [6.45, 7) is 2.85. The molecular formula is C25H24ClIN2O4. The van der Waals surface area contributed by atoms with E-state index in [2.05, 4.69) is 33.1 Å². The van der Waals surface area contributed by atoms with Crippen LogP contribution in [0, 0.1) is 3.57 Å². The number of halogens is 2. The van der Waals surface area contributed by atoms with E-state index < -0.39 is 0 Å². The van der Waals surface area contributed by atoms with E-state index in [1.165, 1.54) is 0 Å². The summed E-state index contributed by atoms with van der Waals surface area (Å²) in [4.78, 5) is 12.2. The van der Waals surface area contributed by atoms with Crippen LogP contribution in [0.15, 0.2) is 65.8 Å². The average molecular weight is 579 g/mol. The number of rotatable bonds is 10. The van der Waals surface area contributed by atoms with E-state index in [-0.39, 0.29) is 12.3 Å². The average Bonchev–Trinajstić information content (AvgIpc) is 2.80. The quantitative estimate of drug-likeness (QED) is 0.193. The van der Waals surface area contributed by atoms with Gasteiger partial charge >= 0.3 is 0 Å². The summed E-state index contributed by atoms with van der Waals surface area (Å²) in [5.41, 5.74) is 5.08. The fraction of sp³-hybridized carbons (Fsp3) is 0.200. The highest BCUT2D eigenvalue weighted by Crippen LogP contribution is 2.34. The van der Waals surface area contributed by atoms with Crippen LogP contribution >= 0.6 is 34.2 Å². The van der Waals surface area contributed by atoms with Gasteiger partial charge in [-0.15, -0.1) is 0 Å². The predicted molar refractivity (Wildman–Crippen MR) is 139 cm³/mol. The molecule has 3 aromatic rings. The second-order valence-corrected chi connectivity index (χ2v) is 8.53. The maximum atomic E-state index is 12.2. The number of carbonyl (C=O) groups excluding carboxylic acids is 1. The third-order valence-electron chi connectivity index (χ3n) is 4.58. The molecule has 0 aliphatic rings. The van der Waals surface area contributed by atoms with Crippen LogP contribution in [0.25, 0.3) is 0 Å². The van der Waals surface area contributed by atoms with E-state index >= 15 is 0 Å². The van der Waals surface area contributed by atoms with Crippen LogP contribution in [0.1, 0.15) is 23.6 Å². The van der Waals surface area contributed by atoms with Gasteiger partial charge in [0.25, 0.3) is 0 Å². The Morgan fingerprint density at radius 3 is 2.58 bits per heavy atom. The molecule has 0 saturated heterocycles. The summed E-state index contributed by atoms with van der Waals surface area (Å²) in [6, 6.07) is 18.6. The van der Waals surface area contributed by atoms with Crippen LogP contribution in [0.5, 0.6) is 17.2 Å². The molecule has 0 atom stereocenters. The van der Waals surface area contributed by atoms with E-state index in [0.29, 0.717) is 29.7 Å². The van der Waals surface area contributed by atoms with Crippen LogP contribution in [-0.2, 0) is 17.8 Å². The third-order valence-corrected chi connectivity index (χ3v) is 5.75. The molecule has 6 nitrogen and oxygen atoms in total. The van der Waals surface area contributed by atoms with Gasteiger partial charge in [0.15, 0.2) is 11.5 Å². The summed E-state index contributed by atoms with van der Waals surface area (Å²) in [5, 5.41) is 4.72. The van der Waals surface area contributed by atoms with Gasteiger partial charge in [0, 0.05) is 10.6 Å². The Labute approximate surface area is 212 Å². The van der Waals surface area contributed by atoms with Crippen molar-refractivity contribution in [3.8, 4) is 17.2 Å². The molecule has 3 aromatic carbocycles. The second-order valence-electron chi connectivity index (χ2n) is 6.96. The Bertz CT molecular complexity index is 1120. The first kappa shape index (κ1) is 24.9. The number of hydrazone groups is 1. The van der Waals surface area contributed by atoms with E-state index in [1.807, 2.05) is 61.5 Å². The summed E-state index contributed by atoms with van der Waals surface area (Å²) < 4.78 is 17.7. The van der Waals surface area contributed by atoms with Crippen LogP contribution in [-0.4, -0.2) is 25.8 Å². The van der Waals surface area contributed by atoms with Crippen molar-refractivity contribution in [3.63, 3.8) is 0 Å². The molecule has 0 saturated carbocycles.